The Morgan fingerprint density at radius 2 is 1.92 bits per heavy atom. The minimum Gasteiger partial charge on any atom is -0.507 e. The highest BCUT2D eigenvalue weighted by molar-refractivity contribution is 6.02. The molecule has 6 nitrogen and oxygen atoms in total. The number of esters is 1. The van der Waals surface area contributed by atoms with Gasteiger partial charge in [0, 0.05) is 11.0 Å². The molecule has 0 spiro atoms. The average Bonchev–Trinajstić information content (AvgIpc) is 2.83. The van der Waals surface area contributed by atoms with Gasteiger partial charge in [-0.1, -0.05) is 26.0 Å². The molecule has 1 aliphatic carbocycles. The summed E-state index contributed by atoms with van der Waals surface area (Å²) in [4.78, 5) is 25.0. The van der Waals surface area contributed by atoms with Gasteiger partial charge in [-0.15, -0.1) is 0 Å². The molecule has 128 valence electrons. The summed E-state index contributed by atoms with van der Waals surface area (Å²) < 4.78 is 5.52. The molecule has 0 unspecified atom stereocenters. The van der Waals surface area contributed by atoms with Crippen LogP contribution in [0.3, 0.4) is 0 Å². The van der Waals surface area contributed by atoms with Gasteiger partial charge in [-0.25, -0.2) is 5.43 Å². The molecule has 1 aliphatic heterocycles. The van der Waals surface area contributed by atoms with Crippen LogP contribution in [-0.4, -0.2) is 28.3 Å². The number of ether oxygens (including phenoxy) is 1. The lowest BCUT2D eigenvalue weighted by Crippen LogP contribution is -2.52. The number of hydrogen-bond donors (Lipinski definition) is 2. The van der Waals surface area contributed by atoms with Crippen molar-refractivity contribution < 1.29 is 19.4 Å². The van der Waals surface area contributed by atoms with Crippen LogP contribution in [0.2, 0.25) is 0 Å². The normalized spacial score (nSPS) is 31.0. The Balaban J connectivity index is 1.85. The molecule has 0 radical (unpaired) electrons. The number of amides is 1. The van der Waals surface area contributed by atoms with E-state index in [1.165, 1.54) is 0 Å². The molecular formula is C18H22N2O4. The number of hydrogen-bond acceptors (Lipinski definition) is 5. The fraction of sp³-hybridized carbons (Fsp3) is 0.500. The summed E-state index contributed by atoms with van der Waals surface area (Å²) in [6, 6.07) is 6.76. The molecule has 24 heavy (non-hydrogen) atoms. The molecule has 1 amide bonds. The second kappa shape index (κ2) is 5.06. The van der Waals surface area contributed by atoms with Crippen molar-refractivity contribution >= 4 is 17.6 Å². The van der Waals surface area contributed by atoms with Gasteiger partial charge in [-0.05, 0) is 38.8 Å². The van der Waals surface area contributed by atoms with Crippen LogP contribution >= 0.6 is 0 Å². The third kappa shape index (κ3) is 1.92. The lowest BCUT2D eigenvalue weighted by atomic mass is 9.66. The Kier molecular flexibility index (Phi) is 3.48. The number of nitrogens with one attached hydrogen (secondary N) is 1. The van der Waals surface area contributed by atoms with Gasteiger partial charge in [0.15, 0.2) is 5.60 Å². The Bertz CT molecular complexity index is 755. The second-order valence-electron chi connectivity index (χ2n) is 7.33. The zero-order valence-electron chi connectivity index (χ0n) is 14.3. The predicted octanol–water partition coefficient (Wildman–Crippen LogP) is 2.35. The lowest BCUT2D eigenvalue weighted by Gasteiger charge is -2.34. The highest BCUT2D eigenvalue weighted by Crippen LogP contribution is 2.65. The van der Waals surface area contributed by atoms with Crippen LogP contribution in [0.5, 0.6) is 5.75 Å². The summed E-state index contributed by atoms with van der Waals surface area (Å²) >= 11 is 0. The van der Waals surface area contributed by atoms with Gasteiger partial charge in [0.25, 0.3) is 5.91 Å². The molecule has 1 aromatic rings. The summed E-state index contributed by atoms with van der Waals surface area (Å²) in [7, 11) is 0. The van der Waals surface area contributed by atoms with E-state index < -0.39 is 22.3 Å². The first-order valence-corrected chi connectivity index (χ1v) is 8.02. The largest absolute Gasteiger partial charge is 0.507 e. The third-order valence-electron chi connectivity index (χ3n) is 6.07. The van der Waals surface area contributed by atoms with Gasteiger partial charge < -0.3 is 9.84 Å². The van der Waals surface area contributed by atoms with Crippen LogP contribution in [-0.2, 0) is 14.3 Å². The van der Waals surface area contributed by atoms with Crippen molar-refractivity contribution in [2.45, 2.75) is 46.1 Å². The molecule has 2 atom stereocenters. The second-order valence-corrected chi connectivity index (χ2v) is 7.33. The van der Waals surface area contributed by atoms with E-state index in [0.29, 0.717) is 24.1 Å². The van der Waals surface area contributed by atoms with Gasteiger partial charge >= 0.3 is 5.97 Å². The Morgan fingerprint density at radius 3 is 2.46 bits per heavy atom. The number of fused-ring (bicyclic) bond motifs is 2. The molecule has 2 aliphatic rings. The molecule has 2 fully saturated rings. The maximum Gasteiger partial charge on any atom is 0.313 e. The fourth-order valence-electron chi connectivity index (χ4n) is 3.81. The molecule has 3 rings (SSSR count). The van der Waals surface area contributed by atoms with Crippen LogP contribution in [0.4, 0.5) is 0 Å². The average molecular weight is 330 g/mol. The van der Waals surface area contributed by atoms with Crippen molar-refractivity contribution in [3.63, 3.8) is 0 Å². The van der Waals surface area contributed by atoms with Gasteiger partial charge in [-0.3, -0.25) is 9.59 Å². The predicted molar refractivity (Wildman–Crippen MR) is 88.4 cm³/mol. The molecular weight excluding hydrogens is 308 g/mol. The van der Waals surface area contributed by atoms with Crippen molar-refractivity contribution in [2.24, 2.45) is 15.9 Å². The number of phenols is 1. The number of benzene rings is 1. The Hall–Kier alpha value is -2.37. The zero-order chi connectivity index (χ0) is 17.8. The number of nitrogens with zero attached hydrogens (tertiary/aromatic N) is 1. The molecule has 0 aromatic heterocycles. The van der Waals surface area contributed by atoms with Crippen LogP contribution in [0.15, 0.2) is 29.4 Å². The monoisotopic (exact) mass is 330 g/mol. The first-order valence-electron chi connectivity index (χ1n) is 8.02. The number of carbonyl (C=O) groups excluding carboxylic acids is 2. The fourth-order valence-corrected chi connectivity index (χ4v) is 3.81. The van der Waals surface area contributed by atoms with Crippen molar-refractivity contribution in [3.8, 4) is 5.75 Å². The molecule has 1 heterocycles. The maximum atomic E-state index is 12.8. The van der Waals surface area contributed by atoms with E-state index in [1.54, 1.807) is 31.2 Å². The minimum absolute atomic E-state index is 0.0900. The standard InChI is InChI=1S/C18H22N2O4/c1-11(12-7-5-6-8-13(12)21)19-20-14(22)18-10-9-17(4,15(23)24-18)16(18,2)3/h5-8,21H,9-10H2,1-4H3,(H,20,22)/b19-11-/t17-,18-/m1/s1. The van der Waals surface area contributed by atoms with Crippen molar-refractivity contribution in [3.05, 3.63) is 29.8 Å². The van der Waals surface area contributed by atoms with E-state index >= 15 is 0 Å². The van der Waals surface area contributed by atoms with Gasteiger partial charge in [0.2, 0.25) is 0 Å². The highest BCUT2D eigenvalue weighted by atomic mass is 16.6. The number of rotatable bonds is 3. The topological polar surface area (TPSA) is 88.0 Å². The van der Waals surface area contributed by atoms with Crippen molar-refractivity contribution in [1.82, 2.24) is 5.43 Å². The molecule has 1 saturated carbocycles. The maximum absolute atomic E-state index is 12.8. The van der Waals surface area contributed by atoms with Crippen molar-refractivity contribution in [2.75, 3.05) is 0 Å². The van der Waals surface area contributed by atoms with E-state index in [0.717, 1.165) is 0 Å². The van der Waals surface area contributed by atoms with E-state index in [4.69, 9.17) is 4.74 Å². The van der Waals surface area contributed by atoms with Gasteiger partial charge in [0.1, 0.15) is 5.75 Å². The summed E-state index contributed by atoms with van der Waals surface area (Å²) in [6.07, 6.45) is 1.10. The number of hydrazone groups is 1. The van der Waals surface area contributed by atoms with Crippen LogP contribution in [0.1, 0.15) is 46.1 Å². The Morgan fingerprint density at radius 1 is 1.25 bits per heavy atom. The first-order chi connectivity index (χ1) is 11.2. The van der Waals surface area contributed by atoms with Crippen LogP contribution < -0.4 is 5.43 Å². The molecule has 2 bridgehead atoms. The minimum atomic E-state index is -1.19. The zero-order valence-corrected chi connectivity index (χ0v) is 14.3. The molecule has 6 heteroatoms. The Labute approximate surface area is 140 Å². The van der Waals surface area contributed by atoms with E-state index in [1.807, 2.05) is 20.8 Å². The van der Waals surface area contributed by atoms with Crippen LogP contribution in [0, 0.1) is 10.8 Å². The van der Waals surface area contributed by atoms with Crippen LogP contribution in [0.25, 0.3) is 0 Å². The summed E-state index contributed by atoms with van der Waals surface area (Å²) in [5.41, 5.74) is 1.08. The summed E-state index contributed by atoms with van der Waals surface area (Å²) in [6.45, 7) is 7.33. The van der Waals surface area contributed by atoms with Gasteiger partial charge in [-0.2, -0.15) is 5.10 Å². The smallest absolute Gasteiger partial charge is 0.313 e. The number of aromatic hydroxyl groups is 1. The highest BCUT2D eigenvalue weighted by Gasteiger charge is 2.75. The lowest BCUT2D eigenvalue weighted by molar-refractivity contribution is -0.168. The number of phenolic OH excluding ortho intramolecular Hbond substituents is 1. The summed E-state index contributed by atoms with van der Waals surface area (Å²) in [5, 5.41) is 13.9. The van der Waals surface area contributed by atoms with Gasteiger partial charge in [0.05, 0.1) is 11.1 Å². The van der Waals surface area contributed by atoms with E-state index in [9.17, 15) is 14.7 Å². The number of carbonyl (C=O) groups is 2. The summed E-state index contributed by atoms with van der Waals surface area (Å²) in [5.74, 6) is -0.653. The van der Waals surface area contributed by atoms with Crippen molar-refractivity contribution in [1.29, 1.82) is 0 Å². The first kappa shape index (κ1) is 16.5. The molecule has 1 aromatic carbocycles. The quantitative estimate of drug-likeness (QED) is 0.506. The molecule has 1 saturated heterocycles. The van der Waals surface area contributed by atoms with E-state index in [2.05, 4.69) is 10.5 Å². The third-order valence-corrected chi connectivity index (χ3v) is 6.07. The van der Waals surface area contributed by atoms with E-state index in [-0.39, 0.29) is 11.7 Å². The SMILES string of the molecule is C/C(=N/NC(=O)[C@@]12CC[C@](C)(C(=O)O1)C2(C)C)c1ccccc1O. The molecule has 2 N–H and O–H groups in total. The number of para-hydroxylation sites is 1.